The molecule has 4 heteroatoms. The van der Waals surface area contributed by atoms with Crippen molar-refractivity contribution in [1.82, 2.24) is 14.9 Å². The van der Waals surface area contributed by atoms with Crippen LogP contribution in [0.1, 0.15) is 12.0 Å². The highest BCUT2D eigenvalue weighted by Gasteiger charge is 2.19. The molecule has 0 aromatic carbocycles. The number of aromatic nitrogens is 2. The number of rotatable bonds is 2. The average molecular weight is 229 g/mol. The molecule has 1 aliphatic rings. The smallest absolute Gasteiger partial charge is 0.0885 e. The number of fused-ring (bicyclic) bond motifs is 1. The lowest BCUT2D eigenvalue weighted by atomic mass is 10.2. The highest BCUT2D eigenvalue weighted by atomic mass is 16.3. The first-order chi connectivity index (χ1) is 8.31. The topological polar surface area (TPSA) is 49.2 Å². The van der Waals surface area contributed by atoms with E-state index >= 15 is 0 Å². The molecule has 0 radical (unpaired) electrons. The number of hydrogen-bond donors (Lipinski definition) is 1. The first-order valence-corrected chi connectivity index (χ1v) is 5.90. The van der Waals surface area contributed by atoms with Crippen LogP contribution in [0.5, 0.6) is 0 Å². The Balaban J connectivity index is 1.81. The highest BCUT2D eigenvalue weighted by molar-refractivity contribution is 5.77. The Morgan fingerprint density at radius 1 is 1.41 bits per heavy atom. The molecule has 2 aromatic heterocycles. The van der Waals surface area contributed by atoms with Crippen molar-refractivity contribution in [3.05, 3.63) is 36.3 Å². The molecule has 17 heavy (non-hydrogen) atoms. The third-order valence-electron chi connectivity index (χ3n) is 3.20. The number of likely N-dealkylation sites (tertiary alicyclic amines) is 1. The van der Waals surface area contributed by atoms with Crippen LogP contribution in [0.4, 0.5) is 0 Å². The molecular weight excluding hydrogens is 214 g/mol. The predicted octanol–water partition coefficient (Wildman–Crippen LogP) is 1.20. The van der Waals surface area contributed by atoms with Gasteiger partial charge in [-0.1, -0.05) is 0 Å². The minimum atomic E-state index is -0.160. The largest absolute Gasteiger partial charge is 0.392 e. The van der Waals surface area contributed by atoms with E-state index in [0.717, 1.165) is 37.0 Å². The first-order valence-electron chi connectivity index (χ1n) is 5.90. The Hall–Kier alpha value is -1.52. The summed E-state index contributed by atoms with van der Waals surface area (Å²) in [6.07, 6.45) is 6.18. The molecular formula is C13H15N3O. The second-order valence-corrected chi connectivity index (χ2v) is 4.59. The van der Waals surface area contributed by atoms with Gasteiger partial charge in [-0.15, -0.1) is 0 Å². The zero-order chi connectivity index (χ0) is 11.7. The van der Waals surface area contributed by atoms with Crippen LogP contribution in [0.2, 0.25) is 0 Å². The SMILES string of the molecule is O[C@@H]1CCN(Cc2cnc3cnccc3c2)C1. The third-order valence-corrected chi connectivity index (χ3v) is 3.20. The van der Waals surface area contributed by atoms with Crippen LogP contribution in [0.15, 0.2) is 30.7 Å². The molecule has 0 amide bonds. The van der Waals surface area contributed by atoms with Gasteiger partial charge < -0.3 is 5.11 Å². The average Bonchev–Trinajstić information content (AvgIpc) is 2.75. The van der Waals surface area contributed by atoms with Crippen LogP contribution >= 0.6 is 0 Å². The zero-order valence-corrected chi connectivity index (χ0v) is 9.58. The second-order valence-electron chi connectivity index (χ2n) is 4.59. The van der Waals surface area contributed by atoms with E-state index in [2.05, 4.69) is 20.9 Å². The van der Waals surface area contributed by atoms with Crippen LogP contribution in [-0.4, -0.2) is 39.2 Å². The van der Waals surface area contributed by atoms with Gasteiger partial charge in [0.15, 0.2) is 0 Å². The Kier molecular flexibility index (Phi) is 2.74. The summed E-state index contributed by atoms with van der Waals surface area (Å²) >= 11 is 0. The number of aliphatic hydroxyl groups excluding tert-OH is 1. The summed E-state index contributed by atoms with van der Waals surface area (Å²) in [5.74, 6) is 0. The Morgan fingerprint density at radius 2 is 2.35 bits per heavy atom. The van der Waals surface area contributed by atoms with Crippen molar-refractivity contribution in [2.24, 2.45) is 0 Å². The van der Waals surface area contributed by atoms with E-state index < -0.39 is 0 Å². The molecule has 1 N–H and O–H groups in total. The normalized spacial score (nSPS) is 21.1. The third kappa shape index (κ3) is 2.28. The predicted molar refractivity (Wildman–Crippen MR) is 65.4 cm³/mol. The van der Waals surface area contributed by atoms with Crippen LogP contribution in [-0.2, 0) is 6.54 Å². The molecule has 0 saturated carbocycles. The van der Waals surface area contributed by atoms with E-state index in [4.69, 9.17) is 0 Å². The van der Waals surface area contributed by atoms with Crippen molar-refractivity contribution < 1.29 is 5.11 Å². The number of aliphatic hydroxyl groups is 1. The van der Waals surface area contributed by atoms with Gasteiger partial charge in [-0.2, -0.15) is 0 Å². The van der Waals surface area contributed by atoms with Gasteiger partial charge in [-0.25, -0.2) is 0 Å². The summed E-state index contributed by atoms with van der Waals surface area (Å²) < 4.78 is 0. The minimum Gasteiger partial charge on any atom is -0.392 e. The van der Waals surface area contributed by atoms with Crippen molar-refractivity contribution in [2.75, 3.05) is 13.1 Å². The summed E-state index contributed by atoms with van der Waals surface area (Å²) in [6.45, 7) is 2.60. The maximum Gasteiger partial charge on any atom is 0.0885 e. The van der Waals surface area contributed by atoms with E-state index in [0.29, 0.717) is 0 Å². The number of pyridine rings is 2. The van der Waals surface area contributed by atoms with Crippen LogP contribution in [0, 0.1) is 0 Å². The molecule has 1 fully saturated rings. The Labute approximate surface area is 99.9 Å². The molecule has 0 bridgehead atoms. The molecule has 0 aliphatic carbocycles. The standard InChI is InChI=1S/C13H15N3O/c17-12-2-4-16(9-12)8-10-5-11-1-3-14-7-13(11)15-6-10/h1,3,5-7,12,17H,2,4,8-9H2/t12-/m1/s1. The molecule has 3 rings (SSSR count). The van der Waals surface area contributed by atoms with Crippen molar-refractivity contribution >= 4 is 10.9 Å². The zero-order valence-electron chi connectivity index (χ0n) is 9.58. The van der Waals surface area contributed by atoms with Crippen molar-refractivity contribution in [2.45, 2.75) is 19.1 Å². The fourth-order valence-corrected chi connectivity index (χ4v) is 2.32. The summed E-state index contributed by atoms with van der Waals surface area (Å²) in [4.78, 5) is 10.7. The van der Waals surface area contributed by atoms with Crippen molar-refractivity contribution in [1.29, 1.82) is 0 Å². The molecule has 0 unspecified atom stereocenters. The van der Waals surface area contributed by atoms with Gasteiger partial charge in [0.25, 0.3) is 0 Å². The number of hydrogen-bond acceptors (Lipinski definition) is 4. The lowest BCUT2D eigenvalue weighted by Crippen LogP contribution is -2.21. The summed E-state index contributed by atoms with van der Waals surface area (Å²) in [7, 11) is 0. The molecule has 4 nitrogen and oxygen atoms in total. The van der Waals surface area contributed by atoms with Crippen molar-refractivity contribution in [3.63, 3.8) is 0 Å². The van der Waals surface area contributed by atoms with E-state index in [1.54, 1.807) is 12.4 Å². The van der Waals surface area contributed by atoms with Crippen LogP contribution < -0.4 is 0 Å². The monoisotopic (exact) mass is 229 g/mol. The quantitative estimate of drug-likeness (QED) is 0.840. The van der Waals surface area contributed by atoms with Gasteiger partial charge in [0.05, 0.1) is 17.8 Å². The van der Waals surface area contributed by atoms with Crippen LogP contribution in [0.3, 0.4) is 0 Å². The van der Waals surface area contributed by atoms with Gasteiger partial charge in [0.2, 0.25) is 0 Å². The Morgan fingerprint density at radius 3 is 3.18 bits per heavy atom. The van der Waals surface area contributed by atoms with E-state index in [-0.39, 0.29) is 6.10 Å². The summed E-state index contributed by atoms with van der Waals surface area (Å²) in [6, 6.07) is 4.12. The molecule has 1 saturated heterocycles. The molecule has 1 atom stereocenters. The Bertz CT molecular complexity index is 529. The fraction of sp³-hybridized carbons (Fsp3) is 0.385. The van der Waals surface area contributed by atoms with E-state index in [9.17, 15) is 5.11 Å². The first kappa shape index (κ1) is 10.6. The summed E-state index contributed by atoms with van der Waals surface area (Å²) in [5.41, 5.74) is 2.12. The number of β-amino-alcohol motifs (C(OH)–C–C–N with tert-alkyl or cyclic N) is 1. The van der Waals surface area contributed by atoms with Gasteiger partial charge in [-0.05, 0) is 24.1 Å². The maximum atomic E-state index is 9.48. The highest BCUT2D eigenvalue weighted by Crippen LogP contribution is 2.16. The van der Waals surface area contributed by atoms with Crippen LogP contribution in [0.25, 0.3) is 10.9 Å². The molecule has 88 valence electrons. The summed E-state index contributed by atoms with van der Waals surface area (Å²) in [5, 5.41) is 10.6. The lowest BCUT2D eigenvalue weighted by Gasteiger charge is -2.14. The van der Waals surface area contributed by atoms with Gasteiger partial charge >= 0.3 is 0 Å². The maximum absolute atomic E-state index is 9.48. The minimum absolute atomic E-state index is 0.160. The van der Waals surface area contributed by atoms with Crippen molar-refractivity contribution in [3.8, 4) is 0 Å². The lowest BCUT2D eigenvalue weighted by molar-refractivity contribution is 0.175. The number of nitrogens with zero attached hydrogens (tertiary/aromatic N) is 3. The van der Waals surface area contributed by atoms with Gasteiger partial charge in [0, 0.05) is 37.4 Å². The molecule has 3 heterocycles. The molecule has 2 aromatic rings. The van der Waals surface area contributed by atoms with E-state index in [1.165, 1.54) is 5.56 Å². The van der Waals surface area contributed by atoms with E-state index in [1.807, 2.05) is 12.3 Å². The van der Waals surface area contributed by atoms with Gasteiger partial charge in [-0.3, -0.25) is 14.9 Å². The molecule has 0 spiro atoms. The fourth-order valence-electron chi connectivity index (χ4n) is 2.32. The molecule has 1 aliphatic heterocycles. The second kappa shape index (κ2) is 4.39. The van der Waals surface area contributed by atoms with Gasteiger partial charge in [0.1, 0.15) is 0 Å².